The fourth-order valence-electron chi connectivity index (χ4n) is 3.00. The molecule has 1 unspecified atom stereocenters. The first-order valence-electron chi connectivity index (χ1n) is 9.13. The van der Waals surface area contributed by atoms with Crippen LogP contribution in [-0.2, 0) is 16.0 Å². The topological polar surface area (TPSA) is 82.4 Å². The number of piperidine rings is 1. The van der Waals surface area contributed by atoms with Gasteiger partial charge in [-0.05, 0) is 80.3 Å². The highest BCUT2D eigenvalue weighted by Gasteiger charge is 2.35. The maximum atomic E-state index is 12.8. The van der Waals surface area contributed by atoms with Gasteiger partial charge in [-0.25, -0.2) is 4.79 Å². The second-order valence-corrected chi connectivity index (χ2v) is 8.95. The lowest BCUT2D eigenvalue weighted by Crippen LogP contribution is -2.54. The molecule has 0 aromatic heterocycles. The highest BCUT2D eigenvalue weighted by Crippen LogP contribution is 2.21. The molecule has 0 radical (unpaired) electrons. The zero-order valence-corrected chi connectivity index (χ0v) is 18.2. The van der Waals surface area contributed by atoms with Gasteiger partial charge in [0.05, 0.1) is 6.07 Å². The van der Waals surface area contributed by atoms with Gasteiger partial charge < -0.3 is 10.1 Å². The number of halogens is 1. The number of nitrogens with one attached hydrogen (secondary N) is 1. The number of rotatable bonds is 4. The number of likely N-dealkylation sites (tertiary alicyclic amines) is 1. The van der Waals surface area contributed by atoms with Gasteiger partial charge in [0, 0.05) is 16.5 Å². The van der Waals surface area contributed by atoms with Crippen LogP contribution in [0.4, 0.5) is 4.79 Å². The lowest BCUT2D eigenvalue weighted by molar-refractivity contribution is -0.128. The predicted molar refractivity (Wildman–Crippen MR) is 111 cm³/mol. The Morgan fingerprint density at radius 3 is 2.59 bits per heavy atom. The second-order valence-electron chi connectivity index (χ2n) is 7.71. The van der Waals surface area contributed by atoms with Gasteiger partial charge in [-0.2, -0.15) is 5.26 Å². The van der Waals surface area contributed by atoms with Crippen molar-refractivity contribution in [3.05, 3.63) is 33.4 Å². The normalized spacial score (nSPS) is 18.3. The summed E-state index contributed by atoms with van der Waals surface area (Å²) in [6.45, 7) is 5.89. The molecule has 6 nitrogen and oxygen atoms in total. The molecule has 1 aliphatic rings. The molecular weight excluding hydrogens is 457 g/mol. The Bertz CT molecular complexity index is 707. The number of hydrogen-bond donors (Lipinski definition) is 1. The van der Waals surface area contributed by atoms with Crippen LogP contribution in [0.1, 0.15) is 45.6 Å². The number of ether oxygens (including phenoxy) is 1. The molecule has 7 heteroatoms. The van der Waals surface area contributed by atoms with Crippen molar-refractivity contribution in [1.29, 1.82) is 5.26 Å². The number of carbonyl (C=O) groups excluding carboxylic acids is 2. The molecule has 2 atom stereocenters. The summed E-state index contributed by atoms with van der Waals surface area (Å²) in [7, 11) is 0. The largest absolute Gasteiger partial charge is 0.444 e. The van der Waals surface area contributed by atoms with E-state index in [1.807, 2.05) is 24.3 Å². The molecular formula is C20H26IN3O3. The van der Waals surface area contributed by atoms with E-state index in [1.165, 1.54) is 4.90 Å². The average Bonchev–Trinajstić information content (AvgIpc) is 2.61. The number of hydrogen-bond acceptors (Lipinski definition) is 4. The zero-order valence-electron chi connectivity index (χ0n) is 16.0. The molecule has 2 amide bonds. The number of amides is 2. The first-order chi connectivity index (χ1) is 12.7. The van der Waals surface area contributed by atoms with Crippen LogP contribution in [-0.4, -0.2) is 41.1 Å². The van der Waals surface area contributed by atoms with Crippen LogP contribution in [0.5, 0.6) is 0 Å². The molecule has 1 N–H and O–H groups in total. The zero-order chi connectivity index (χ0) is 20.0. The third kappa shape index (κ3) is 6.69. The number of nitriles is 1. The van der Waals surface area contributed by atoms with E-state index in [2.05, 4.69) is 34.0 Å². The van der Waals surface area contributed by atoms with Crippen LogP contribution in [0.2, 0.25) is 0 Å². The summed E-state index contributed by atoms with van der Waals surface area (Å²) in [6, 6.07) is 8.75. The minimum absolute atomic E-state index is 0.294. The van der Waals surface area contributed by atoms with Crippen LogP contribution < -0.4 is 5.32 Å². The summed E-state index contributed by atoms with van der Waals surface area (Å²) < 4.78 is 6.55. The SMILES string of the molecule is CC(C)(C)OC(=O)N1CCCCC1C(=O)N[C@H](C#N)Cc1ccc(I)cc1. The molecule has 2 rings (SSSR count). The highest BCUT2D eigenvalue weighted by atomic mass is 127. The van der Waals surface area contributed by atoms with Crippen LogP contribution in [0.3, 0.4) is 0 Å². The summed E-state index contributed by atoms with van der Waals surface area (Å²) in [6.07, 6.45) is 2.23. The van der Waals surface area contributed by atoms with E-state index in [1.54, 1.807) is 20.8 Å². The number of benzene rings is 1. The molecule has 1 saturated heterocycles. The molecule has 146 valence electrons. The van der Waals surface area contributed by atoms with E-state index in [4.69, 9.17) is 4.74 Å². The second kappa shape index (κ2) is 9.40. The van der Waals surface area contributed by atoms with E-state index in [-0.39, 0.29) is 5.91 Å². The molecule has 1 fully saturated rings. The number of carbonyl (C=O) groups is 2. The Balaban J connectivity index is 2.03. The maximum absolute atomic E-state index is 12.8. The fraction of sp³-hybridized carbons (Fsp3) is 0.550. The summed E-state index contributed by atoms with van der Waals surface area (Å²) >= 11 is 2.22. The van der Waals surface area contributed by atoms with Gasteiger partial charge in [0.25, 0.3) is 0 Å². The van der Waals surface area contributed by atoms with Crippen molar-refractivity contribution in [3.8, 4) is 6.07 Å². The standard InChI is InChI=1S/C20H26IN3O3/c1-20(2,3)27-19(26)24-11-5-4-6-17(24)18(25)23-16(13-22)12-14-7-9-15(21)10-8-14/h7-10,16-17H,4-6,11-12H2,1-3H3,(H,23,25)/t16-,17?/m0/s1. The van der Waals surface area contributed by atoms with E-state index in [0.717, 1.165) is 22.0 Å². The van der Waals surface area contributed by atoms with Gasteiger partial charge in [0.2, 0.25) is 5.91 Å². The van der Waals surface area contributed by atoms with E-state index in [0.29, 0.717) is 19.4 Å². The molecule has 1 aromatic carbocycles. The van der Waals surface area contributed by atoms with Crippen LogP contribution in [0, 0.1) is 14.9 Å². The molecule has 1 heterocycles. The third-order valence-corrected chi connectivity index (χ3v) is 4.98. The van der Waals surface area contributed by atoms with Gasteiger partial charge in [-0.15, -0.1) is 0 Å². The van der Waals surface area contributed by atoms with Crippen molar-refractivity contribution in [2.45, 2.75) is 64.1 Å². The quantitative estimate of drug-likeness (QED) is 0.664. The minimum atomic E-state index is -0.639. The van der Waals surface area contributed by atoms with Gasteiger partial charge in [-0.3, -0.25) is 9.69 Å². The average molecular weight is 483 g/mol. The molecule has 1 aliphatic heterocycles. The van der Waals surface area contributed by atoms with Gasteiger partial charge in [-0.1, -0.05) is 12.1 Å². The summed E-state index contributed by atoms with van der Waals surface area (Å²) in [5.74, 6) is -0.294. The molecule has 0 spiro atoms. The third-order valence-electron chi connectivity index (χ3n) is 4.26. The Kier molecular flexibility index (Phi) is 7.48. The first-order valence-corrected chi connectivity index (χ1v) is 10.2. The van der Waals surface area contributed by atoms with E-state index < -0.39 is 23.8 Å². The van der Waals surface area contributed by atoms with E-state index >= 15 is 0 Å². The van der Waals surface area contributed by atoms with Crippen molar-refractivity contribution in [2.75, 3.05) is 6.54 Å². The fourth-order valence-corrected chi connectivity index (χ4v) is 3.36. The Hall–Kier alpha value is -1.82. The first kappa shape index (κ1) is 21.5. The van der Waals surface area contributed by atoms with Crippen molar-refractivity contribution in [3.63, 3.8) is 0 Å². The van der Waals surface area contributed by atoms with Gasteiger partial charge >= 0.3 is 6.09 Å². The van der Waals surface area contributed by atoms with Crippen molar-refractivity contribution >= 4 is 34.6 Å². The summed E-state index contributed by atoms with van der Waals surface area (Å²) in [4.78, 5) is 26.7. The predicted octanol–water partition coefficient (Wildman–Crippen LogP) is 3.63. The molecule has 0 bridgehead atoms. The van der Waals surface area contributed by atoms with E-state index in [9.17, 15) is 14.9 Å². The lowest BCUT2D eigenvalue weighted by Gasteiger charge is -2.36. The van der Waals surface area contributed by atoms with Crippen molar-refractivity contribution in [1.82, 2.24) is 10.2 Å². The molecule has 0 aliphatic carbocycles. The van der Waals surface area contributed by atoms with Gasteiger partial charge in [0.1, 0.15) is 17.7 Å². The number of nitrogens with zero attached hydrogens (tertiary/aromatic N) is 2. The summed E-state index contributed by atoms with van der Waals surface area (Å²) in [5.41, 5.74) is 0.366. The monoisotopic (exact) mass is 483 g/mol. The maximum Gasteiger partial charge on any atom is 0.410 e. The molecule has 1 aromatic rings. The van der Waals surface area contributed by atoms with Crippen molar-refractivity contribution < 1.29 is 14.3 Å². The van der Waals surface area contributed by atoms with Crippen molar-refractivity contribution in [2.24, 2.45) is 0 Å². The van der Waals surface area contributed by atoms with Crippen LogP contribution in [0.15, 0.2) is 24.3 Å². The van der Waals surface area contributed by atoms with Crippen LogP contribution in [0.25, 0.3) is 0 Å². The lowest BCUT2D eigenvalue weighted by atomic mass is 10.0. The van der Waals surface area contributed by atoms with Crippen LogP contribution >= 0.6 is 22.6 Å². The highest BCUT2D eigenvalue weighted by molar-refractivity contribution is 14.1. The Labute approximate surface area is 174 Å². The molecule has 0 saturated carbocycles. The Morgan fingerprint density at radius 1 is 1.33 bits per heavy atom. The Morgan fingerprint density at radius 2 is 2.00 bits per heavy atom. The smallest absolute Gasteiger partial charge is 0.410 e. The van der Waals surface area contributed by atoms with Gasteiger partial charge in [0.15, 0.2) is 0 Å². The molecule has 27 heavy (non-hydrogen) atoms. The minimum Gasteiger partial charge on any atom is -0.444 e. The summed E-state index contributed by atoms with van der Waals surface area (Å²) in [5, 5.41) is 12.2.